The van der Waals surface area contributed by atoms with E-state index in [4.69, 9.17) is 9.47 Å². The van der Waals surface area contributed by atoms with Gasteiger partial charge >= 0.3 is 0 Å². The van der Waals surface area contributed by atoms with Crippen LogP contribution in [0.2, 0.25) is 0 Å². The summed E-state index contributed by atoms with van der Waals surface area (Å²) in [6, 6.07) is 6.21. The van der Waals surface area contributed by atoms with E-state index in [9.17, 15) is 0 Å². The molecular weight excluding hydrogens is 226 g/mol. The van der Waals surface area contributed by atoms with Gasteiger partial charge in [0.1, 0.15) is 0 Å². The largest absolute Gasteiger partial charge is 0.493 e. The molecule has 1 heterocycles. The summed E-state index contributed by atoms with van der Waals surface area (Å²) in [7, 11) is 3.34. The highest BCUT2D eigenvalue weighted by molar-refractivity contribution is 5.46. The molecule has 3 heteroatoms. The molecule has 0 unspecified atom stereocenters. The number of nitrogens with one attached hydrogen (secondary N) is 1. The third kappa shape index (κ3) is 2.23. The molecule has 18 heavy (non-hydrogen) atoms. The van der Waals surface area contributed by atoms with E-state index in [0.717, 1.165) is 37.4 Å². The summed E-state index contributed by atoms with van der Waals surface area (Å²) in [4.78, 5) is 0. The zero-order valence-electron chi connectivity index (χ0n) is 11.2. The van der Waals surface area contributed by atoms with Crippen molar-refractivity contribution in [3.05, 3.63) is 36.4 Å². The molecule has 1 atom stereocenters. The first-order valence-corrected chi connectivity index (χ1v) is 6.30. The molecule has 1 fully saturated rings. The first-order valence-electron chi connectivity index (χ1n) is 6.30. The van der Waals surface area contributed by atoms with Gasteiger partial charge in [-0.05, 0) is 37.1 Å². The van der Waals surface area contributed by atoms with Gasteiger partial charge in [0.15, 0.2) is 11.5 Å². The van der Waals surface area contributed by atoms with Gasteiger partial charge in [0.2, 0.25) is 0 Å². The normalized spacial score (nSPS) is 22.8. The van der Waals surface area contributed by atoms with E-state index in [1.165, 1.54) is 5.56 Å². The Balaban J connectivity index is 2.39. The predicted octanol–water partition coefficient (Wildman–Crippen LogP) is 2.51. The fourth-order valence-electron chi connectivity index (χ4n) is 2.72. The number of allylic oxidation sites excluding steroid dienone is 1. The van der Waals surface area contributed by atoms with E-state index >= 15 is 0 Å². The lowest BCUT2D eigenvalue weighted by atomic mass is 9.77. The lowest BCUT2D eigenvalue weighted by Gasteiger charge is -2.28. The van der Waals surface area contributed by atoms with E-state index in [0.29, 0.717) is 0 Å². The van der Waals surface area contributed by atoms with Gasteiger partial charge < -0.3 is 14.8 Å². The molecule has 0 saturated carbocycles. The van der Waals surface area contributed by atoms with Gasteiger partial charge in [0.25, 0.3) is 0 Å². The monoisotopic (exact) mass is 247 g/mol. The van der Waals surface area contributed by atoms with Crippen LogP contribution >= 0.6 is 0 Å². The van der Waals surface area contributed by atoms with Gasteiger partial charge in [-0.25, -0.2) is 0 Å². The number of methoxy groups -OCH3 is 2. The molecule has 0 amide bonds. The second-order valence-corrected chi connectivity index (χ2v) is 4.77. The Morgan fingerprint density at radius 2 is 2.11 bits per heavy atom. The molecule has 1 aliphatic rings. The van der Waals surface area contributed by atoms with Gasteiger partial charge in [0.05, 0.1) is 14.2 Å². The van der Waals surface area contributed by atoms with Crippen LogP contribution in [0, 0.1) is 0 Å². The van der Waals surface area contributed by atoms with Crippen LogP contribution in [0.5, 0.6) is 11.5 Å². The standard InChI is InChI=1S/C15H21NO2/c1-4-7-15(8-9-16-11-15)12-5-6-13(17-2)14(10-12)18-3/h4-6,10,16H,1,7-9,11H2,2-3H3/t15-/m1/s1. The van der Waals surface area contributed by atoms with Crippen molar-refractivity contribution in [2.45, 2.75) is 18.3 Å². The van der Waals surface area contributed by atoms with Crippen LogP contribution in [-0.2, 0) is 5.41 Å². The molecule has 1 aliphatic heterocycles. The third-order valence-electron chi connectivity index (χ3n) is 3.77. The fourth-order valence-corrected chi connectivity index (χ4v) is 2.72. The van der Waals surface area contributed by atoms with Crippen molar-refractivity contribution in [2.75, 3.05) is 27.3 Å². The summed E-state index contributed by atoms with van der Waals surface area (Å²) in [6.45, 7) is 5.94. The molecule has 2 rings (SSSR count). The molecule has 0 spiro atoms. The highest BCUT2D eigenvalue weighted by atomic mass is 16.5. The summed E-state index contributed by atoms with van der Waals surface area (Å²) in [5.41, 5.74) is 1.45. The molecule has 98 valence electrons. The Morgan fingerprint density at radius 3 is 2.67 bits per heavy atom. The summed E-state index contributed by atoms with van der Waals surface area (Å²) in [6.07, 6.45) is 4.12. The highest BCUT2D eigenvalue weighted by Crippen LogP contribution is 2.38. The molecule has 0 aliphatic carbocycles. The van der Waals surface area contributed by atoms with Gasteiger partial charge in [0, 0.05) is 12.0 Å². The number of hydrogen-bond donors (Lipinski definition) is 1. The van der Waals surface area contributed by atoms with Crippen molar-refractivity contribution in [3.8, 4) is 11.5 Å². The topological polar surface area (TPSA) is 30.5 Å². The second kappa shape index (κ2) is 5.44. The number of rotatable bonds is 5. The minimum absolute atomic E-state index is 0.154. The molecule has 1 aromatic rings. The Hall–Kier alpha value is -1.48. The van der Waals surface area contributed by atoms with Crippen LogP contribution < -0.4 is 14.8 Å². The van der Waals surface area contributed by atoms with Crippen LogP contribution in [0.15, 0.2) is 30.9 Å². The van der Waals surface area contributed by atoms with Crippen LogP contribution in [0.1, 0.15) is 18.4 Å². The van der Waals surface area contributed by atoms with Crippen molar-refractivity contribution in [1.82, 2.24) is 5.32 Å². The summed E-state index contributed by atoms with van der Waals surface area (Å²) >= 11 is 0. The molecular formula is C15H21NO2. The molecule has 1 aromatic carbocycles. The SMILES string of the molecule is C=CC[C@@]1(c2ccc(OC)c(OC)c2)CCNC1. The third-order valence-corrected chi connectivity index (χ3v) is 3.77. The maximum Gasteiger partial charge on any atom is 0.161 e. The van der Waals surface area contributed by atoms with Crippen LogP contribution in [0.4, 0.5) is 0 Å². The minimum Gasteiger partial charge on any atom is -0.493 e. The lowest BCUT2D eigenvalue weighted by molar-refractivity contribution is 0.352. The van der Waals surface area contributed by atoms with Crippen molar-refractivity contribution < 1.29 is 9.47 Å². The van der Waals surface area contributed by atoms with Crippen molar-refractivity contribution in [1.29, 1.82) is 0 Å². The highest BCUT2D eigenvalue weighted by Gasteiger charge is 2.34. The van der Waals surface area contributed by atoms with Crippen LogP contribution in [0.25, 0.3) is 0 Å². The molecule has 3 nitrogen and oxygen atoms in total. The first-order chi connectivity index (χ1) is 8.75. The van der Waals surface area contributed by atoms with Gasteiger partial charge in [-0.3, -0.25) is 0 Å². The van der Waals surface area contributed by atoms with Gasteiger partial charge in [-0.1, -0.05) is 12.1 Å². The number of benzene rings is 1. The van der Waals surface area contributed by atoms with Crippen molar-refractivity contribution in [2.24, 2.45) is 0 Å². The Kier molecular flexibility index (Phi) is 3.92. The van der Waals surface area contributed by atoms with Crippen molar-refractivity contribution >= 4 is 0 Å². The molecule has 0 radical (unpaired) electrons. The smallest absolute Gasteiger partial charge is 0.161 e. The maximum atomic E-state index is 5.39. The van der Waals surface area contributed by atoms with Crippen LogP contribution in [-0.4, -0.2) is 27.3 Å². The summed E-state index contributed by atoms with van der Waals surface area (Å²) in [5, 5.41) is 3.44. The molecule has 1 N–H and O–H groups in total. The van der Waals surface area contributed by atoms with E-state index in [1.807, 2.05) is 12.1 Å². The average Bonchev–Trinajstić information content (AvgIpc) is 2.88. The number of ether oxygens (including phenoxy) is 2. The van der Waals surface area contributed by atoms with Crippen LogP contribution in [0.3, 0.4) is 0 Å². The average molecular weight is 247 g/mol. The number of hydrogen-bond acceptors (Lipinski definition) is 3. The zero-order chi connectivity index (χ0) is 13.0. The first kappa shape index (κ1) is 13.0. The van der Waals surface area contributed by atoms with E-state index < -0.39 is 0 Å². The second-order valence-electron chi connectivity index (χ2n) is 4.77. The predicted molar refractivity (Wildman–Crippen MR) is 73.5 cm³/mol. The Morgan fingerprint density at radius 1 is 1.33 bits per heavy atom. The molecule has 0 aromatic heterocycles. The summed E-state index contributed by atoms with van der Waals surface area (Å²) in [5.74, 6) is 1.58. The lowest BCUT2D eigenvalue weighted by Crippen LogP contribution is -2.28. The maximum absolute atomic E-state index is 5.39. The quantitative estimate of drug-likeness (QED) is 0.811. The van der Waals surface area contributed by atoms with E-state index in [-0.39, 0.29) is 5.41 Å². The minimum atomic E-state index is 0.154. The van der Waals surface area contributed by atoms with E-state index in [2.05, 4.69) is 24.0 Å². The van der Waals surface area contributed by atoms with Crippen molar-refractivity contribution in [3.63, 3.8) is 0 Å². The summed E-state index contributed by atoms with van der Waals surface area (Å²) < 4.78 is 10.7. The van der Waals surface area contributed by atoms with E-state index in [1.54, 1.807) is 14.2 Å². The zero-order valence-corrected chi connectivity index (χ0v) is 11.2. The van der Waals surface area contributed by atoms with Gasteiger partial charge in [-0.15, -0.1) is 6.58 Å². The van der Waals surface area contributed by atoms with Gasteiger partial charge in [-0.2, -0.15) is 0 Å². The molecule has 1 saturated heterocycles. The Bertz CT molecular complexity index is 423. The Labute approximate surface area is 109 Å². The molecule has 0 bridgehead atoms. The fraction of sp³-hybridized carbons (Fsp3) is 0.467.